The molecule has 4 rings (SSSR count). The molecular weight excluding hydrogens is 308 g/mol. The molecular formula is C18H19ClN4. The molecule has 5 heteroatoms. The number of nitrogens with zero attached hydrogens (tertiary/aromatic N) is 3. The molecule has 4 nitrogen and oxygen atoms in total. The zero-order valence-corrected chi connectivity index (χ0v) is 13.7. The summed E-state index contributed by atoms with van der Waals surface area (Å²) >= 11 is 6.06. The van der Waals surface area contributed by atoms with Gasteiger partial charge in [0.1, 0.15) is 5.82 Å². The molecule has 23 heavy (non-hydrogen) atoms. The number of aliphatic imine (C=N–C) groups is 1. The number of halogens is 1. The van der Waals surface area contributed by atoms with Crippen molar-refractivity contribution in [1.29, 1.82) is 0 Å². The second-order valence-corrected chi connectivity index (χ2v) is 6.72. The lowest BCUT2D eigenvalue weighted by molar-refractivity contribution is 0.339. The molecule has 0 unspecified atom stereocenters. The topological polar surface area (TPSA) is 64.2 Å². The molecule has 2 aliphatic rings. The van der Waals surface area contributed by atoms with E-state index in [0.29, 0.717) is 12.4 Å². The van der Waals surface area contributed by atoms with E-state index in [-0.39, 0.29) is 5.41 Å². The highest BCUT2D eigenvalue weighted by atomic mass is 35.5. The minimum Gasteiger partial charge on any atom is -0.324 e. The molecule has 1 aromatic carbocycles. The van der Waals surface area contributed by atoms with Gasteiger partial charge in [-0.1, -0.05) is 30.2 Å². The van der Waals surface area contributed by atoms with Gasteiger partial charge in [0.15, 0.2) is 0 Å². The van der Waals surface area contributed by atoms with E-state index in [1.807, 2.05) is 18.3 Å². The fourth-order valence-electron chi connectivity index (χ4n) is 3.63. The molecule has 118 valence electrons. The standard InChI is InChI=1S/C18H19ClN4/c19-14-4-2-13(3-5-14)18(7-1-8-18)17-16-12(6-9-21-17)11-22-15(10-20)23-16/h2-5,11H,1,6-10,20H2. The summed E-state index contributed by atoms with van der Waals surface area (Å²) in [6.07, 6.45) is 6.25. The normalized spacial score (nSPS) is 18.8. The van der Waals surface area contributed by atoms with Gasteiger partial charge in [0.2, 0.25) is 0 Å². The van der Waals surface area contributed by atoms with E-state index >= 15 is 0 Å². The first kappa shape index (κ1) is 14.8. The van der Waals surface area contributed by atoms with Crippen LogP contribution in [-0.4, -0.2) is 22.2 Å². The number of nitrogens with two attached hydrogens (primary N) is 1. The highest BCUT2D eigenvalue weighted by molar-refractivity contribution is 6.30. The Morgan fingerprint density at radius 2 is 1.96 bits per heavy atom. The van der Waals surface area contributed by atoms with Crippen molar-refractivity contribution < 1.29 is 0 Å². The van der Waals surface area contributed by atoms with E-state index in [2.05, 4.69) is 17.1 Å². The summed E-state index contributed by atoms with van der Waals surface area (Å²) in [5.74, 6) is 0.684. The summed E-state index contributed by atoms with van der Waals surface area (Å²) in [5, 5.41) is 0.766. The summed E-state index contributed by atoms with van der Waals surface area (Å²) in [6.45, 7) is 1.16. The molecule has 0 amide bonds. The van der Waals surface area contributed by atoms with E-state index < -0.39 is 0 Å². The Balaban J connectivity index is 1.83. The molecule has 1 fully saturated rings. The largest absolute Gasteiger partial charge is 0.324 e. The molecule has 1 aromatic heterocycles. The molecule has 0 radical (unpaired) electrons. The Bertz CT molecular complexity index is 763. The zero-order valence-electron chi connectivity index (χ0n) is 12.9. The summed E-state index contributed by atoms with van der Waals surface area (Å²) in [5.41, 5.74) is 10.3. The third-order valence-electron chi connectivity index (χ3n) is 5.03. The van der Waals surface area contributed by atoms with Gasteiger partial charge in [-0.2, -0.15) is 0 Å². The van der Waals surface area contributed by atoms with Gasteiger partial charge in [-0.05, 0) is 42.5 Å². The predicted molar refractivity (Wildman–Crippen MR) is 92.0 cm³/mol. The van der Waals surface area contributed by atoms with Crippen molar-refractivity contribution in [2.75, 3.05) is 6.54 Å². The van der Waals surface area contributed by atoms with Crippen molar-refractivity contribution >= 4 is 17.3 Å². The van der Waals surface area contributed by atoms with E-state index in [4.69, 9.17) is 27.3 Å². The SMILES string of the molecule is NCc1ncc2c(n1)C(C1(c3ccc(Cl)cc3)CCC1)=NCC2. The van der Waals surface area contributed by atoms with Gasteiger partial charge < -0.3 is 5.73 Å². The van der Waals surface area contributed by atoms with Crippen LogP contribution in [0.2, 0.25) is 5.02 Å². The molecule has 2 aromatic rings. The number of hydrogen-bond donors (Lipinski definition) is 1. The average molecular weight is 327 g/mol. The third-order valence-corrected chi connectivity index (χ3v) is 5.28. The van der Waals surface area contributed by atoms with Crippen LogP contribution >= 0.6 is 11.6 Å². The highest BCUT2D eigenvalue weighted by Gasteiger charge is 2.45. The van der Waals surface area contributed by atoms with Crippen molar-refractivity contribution in [3.63, 3.8) is 0 Å². The van der Waals surface area contributed by atoms with E-state index in [9.17, 15) is 0 Å². The summed E-state index contributed by atoms with van der Waals surface area (Å²) in [7, 11) is 0. The van der Waals surface area contributed by atoms with Gasteiger partial charge in [-0.25, -0.2) is 9.97 Å². The minimum atomic E-state index is -0.0278. The van der Waals surface area contributed by atoms with Crippen LogP contribution in [0.25, 0.3) is 0 Å². The third kappa shape index (κ3) is 2.37. The van der Waals surface area contributed by atoms with Gasteiger partial charge in [0, 0.05) is 23.2 Å². The van der Waals surface area contributed by atoms with E-state index in [1.54, 1.807) is 0 Å². The number of benzene rings is 1. The molecule has 1 aliphatic carbocycles. The Hall–Kier alpha value is -1.78. The van der Waals surface area contributed by atoms with Gasteiger partial charge in [-0.15, -0.1) is 0 Å². The van der Waals surface area contributed by atoms with Crippen LogP contribution in [-0.2, 0) is 18.4 Å². The fourth-order valence-corrected chi connectivity index (χ4v) is 3.76. The van der Waals surface area contributed by atoms with Gasteiger partial charge in [0.05, 0.1) is 18.0 Å². The summed E-state index contributed by atoms with van der Waals surface area (Å²) in [6, 6.07) is 8.19. The Kier molecular flexibility index (Phi) is 3.66. The Morgan fingerprint density at radius 3 is 2.61 bits per heavy atom. The quantitative estimate of drug-likeness (QED) is 0.942. The molecule has 0 spiro atoms. The average Bonchev–Trinajstić information content (AvgIpc) is 2.55. The fraction of sp³-hybridized carbons (Fsp3) is 0.389. The Morgan fingerprint density at radius 1 is 1.17 bits per heavy atom. The second-order valence-electron chi connectivity index (χ2n) is 6.29. The number of hydrogen-bond acceptors (Lipinski definition) is 4. The van der Waals surface area contributed by atoms with Crippen molar-refractivity contribution in [3.05, 3.63) is 58.1 Å². The highest BCUT2D eigenvalue weighted by Crippen LogP contribution is 2.47. The molecule has 2 heterocycles. The second kappa shape index (κ2) is 5.69. The summed E-state index contributed by atoms with van der Waals surface area (Å²) < 4.78 is 0. The van der Waals surface area contributed by atoms with E-state index in [1.165, 1.54) is 17.5 Å². The first-order valence-corrected chi connectivity index (χ1v) is 8.47. The van der Waals surface area contributed by atoms with Gasteiger partial charge in [0.25, 0.3) is 0 Å². The summed E-state index contributed by atoms with van der Waals surface area (Å²) in [4.78, 5) is 13.9. The van der Waals surface area contributed by atoms with Crippen molar-refractivity contribution in [3.8, 4) is 0 Å². The molecule has 0 bridgehead atoms. The van der Waals surface area contributed by atoms with Crippen LogP contribution in [0.15, 0.2) is 35.5 Å². The van der Waals surface area contributed by atoms with E-state index in [0.717, 1.165) is 42.2 Å². The number of rotatable bonds is 3. The van der Waals surface area contributed by atoms with Crippen molar-refractivity contribution in [2.45, 2.75) is 37.6 Å². The minimum absolute atomic E-state index is 0.0278. The number of fused-ring (bicyclic) bond motifs is 1. The lowest BCUT2D eigenvalue weighted by atomic mass is 9.60. The van der Waals surface area contributed by atoms with Crippen molar-refractivity contribution in [2.24, 2.45) is 10.7 Å². The van der Waals surface area contributed by atoms with Crippen LogP contribution < -0.4 is 5.73 Å². The smallest absolute Gasteiger partial charge is 0.142 e. The first-order chi connectivity index (χ1) is 11.2. The number of aromatic nitrogens is 2. The van der Waals surface area contributed by atoms with Crippen LogP contribution in [0, 0.1) is 0 Å². The molecule has 1 aliphatic heterocycles. The van der Waals surface area contributed by atoms with Crippen molar-refractivity contribution in [1.82, 2.24) is 9.97 Å². The molecule has 1 saturated carbocycles. The lowest BCUT2D eigenvalue weighted by Crippen LogP contribution is -2.45. The lowest BCUT2D eigenvalue weighted by Gasteiger charge is -2.44. The van der Waals surface area contributed by atoms with Crippen LogP contribution in [0.4, 0.5) is 0 Å². The first-order valence-electron chi connectivity index (χ1n) is 8.09. The predicted octanol–water partition coefficient (Wildman–Crippen LogP) is 3.06. The Labute approximate surface area is 140 Å². The molecule has 0 atom stereocenters. The maximum Gasteiger partial charge on any atom is 0.142 e. The zero-order chi connectivity index (χ0) is 15.9. The van der Waals surface area contributed by atoms with Gasteiger partial charge in [-0.3, -0.25) is 4.99 Å². The maximum atomic E-state index is 6.06. The molecule has 2 N–H and O–H groups in total. The van der Waals surface area contributed by atoms with Crippen LogP contribution in [0.5, 0.6) is 0 Å². The van der Waals surface area contributed by atoms with Crippen LogP contribution in [0.1, 0.15) is 41.9 Å². The van der Waals surface area contributed by atoms with Crippen LogP contribution in [0.3, 0.4) is 0 Å². The monoisotopic (exact) mass is 326 g/mol. The van der Waals surface area contributed by atoms with Gasteiger partial charge >= 0.3 is 0 Å². The molecule has 0 saturated heterocycles. The maximum absolute atomic E-state index is 6.06.